The van der Waals surface area contributed by atoms with Gasteiger partial charge in [0.25, 0.3) is 0 Å². The van der Waals surface area contributed by atoms with E-state index in [1.165, 1.54) is 12.1 Å². The van der Waals surface area contributed by atoms with Gasteiger partial charge in [-0.3, -0.25) is 0 Å². The molecule has 2 nitrogen and oxygen atoms in total. The molecule has 0 spiro atoms. The lowest BCUT2D eigenvalue weighted by atomic mass is 9.91. The minimum Gasteiger partial charge on any atom is -0.496 e. The van der Waals surface area contributed by atoms with Gasteiger partial charge < -0.3 is 10.5 Å². The molecule has 0 radical (unpaired) electrons. The molecule has 0 amide bonds. The van der Waals surface area contributed by atoms with Crippen molar-refractivity contribution in [2.45, 2.75) is 12.3 Å². The first kappa shape index (κ1) is 15.7. The van der Waals surface area contributed by atoms with E-state index in [1.54, 1.807) is 25.3 Å². The summed E-state index contributed by atoms with van der Waals surface area (Å²) in [6.45, 7) is 0.234. The highest BCUT2D eigenvalue weighted by atomic mass is 35.5. The summed E-state index contributed by atoms with van der Waals surface area (Å²) in [4.78, 5) is 0. The SMILES string of the molecule is COc1ccc(Cl)cc1CC(CN)c1ccc(F)cc1F. The second-order valence-corrected chi connectivity index (χ2v) is 5.20. The van der Waals surface area contributed by atoms with Crippen molar-refractivity contribution in [3.05, 3.63) is 64.2 Å². The first-order valence-electron chi connectivity index (χ1n) is 6.52. The molecule has 0 fully saturated rings. The van der Waals surface area contributed by atoms with Gasteiger partial charge in [0.1, 0.15) is 17.4 Å². The van der Waals surface area contributed by atoms with Gasteiger partial charge in [-0.2, -0.15) is 0 Å². The van der Waals surface area contributed by atoms with E-state index < -0.39 is 11.6 Å². The van der Waals surface area contributed by atoms with Crippen LogP contribution >= 0.6 is 11.6 Å². The molecule has 21 heavy (non-hydrogen) atoms. The minimum absolute atomic E-state index is 0.234. The number of hydrogen-bond acceptors (Lipinski definition) is 2. The quantitative estimate of drug-likeness (QED) is 0.908. The van der Waals surface area contributed by atoms with Crippen molar-refractivity contribution in [3.63, 3.8) is 0 Å². The molecule has 2 aromatic rings. The molecule has 0 aliphatic rings. The summed E-state index contributed by atoms with van der Waals surface area (Å²) in [5.74, 6) is -0.808. The van der Waals surface area contributed by atoms with Crippen LogP contribution in [0.1, 0.15) is 17.0 Å². The first-order chi connectivity index (χ1) is 10.0. The number of hydrogen-bond donors (Lipinski definition) is 1. The second kappa shape index (κ2) is 6.87. The van der Waals surface area contributed by atoms with Crippen LogP contribution in [0.5, 0.6) is 5.75 Å². The van der Waals surface area contributed by atoms with Gasteiger partial charge in [0, 0.05) is 17.0 Å². The van der Waals surface area contributed by atoms with Crippen LogP contribution in [0, 0.1) is 11.6 Å². The van der Waals surface area contributed by atoms with Gasteiger partial charge in [0.05, 0.1) is 7.11 Å². The molecule has 1 atom stereocenters. The summed E-state index contributed by atoms with van der Waals surface area (Å²) in [5, 5.41) is 0.571. The molecule has 0 bridgehead atoms. The van der Waals surface area contributed by atoms with E-state index in [2.05, 4.69) is 0 Å². The Morgan fingerprint density at radius 2 is 1.95 bits per heavy atom. The highest BCUT2D eigenvalue weighted by Crippen LogP contribution is 2.29. The van der Waals surface area contributed by atoms with Crippen LogP contribution in [0.15, 0.2) is 36.4 Å². The molecule has 0 aromatic heterocycles. The largest absolute Gasteiger partial charge is 0.496 e. The van der Waals surface area contributed by atoms with E-state index in [4.69, 9.17) is 22.1 Å². The van der Waals surface area contributed by atoms with Gasteiger partial charge in [0.2, 0.25) is 0 Å². The highest BCUT2D eigenvalue weighted by molar-refractivity contribution is 6.30. The Balaban J connectivity index is 2.33. The van der Waals surface area contributed by atoms with Crippen LogP contribution in [0.3, 0.4) is 0 Å². The van der Waals surface area contributed by atoms with E-state index in [9.17, 15) is 8.78 Å². The maximum absolute atomic E-state index is 13.9. The van der Waals surface area contributed by atoms with Crippen LogP contribution in [-0.4, -0.2) is 13.7 Å². The zero-order valence-corrected chi connectivity index (χ0v) is 12.3. The number of benzene rings is 2. The van der Waals surface area contributed by atoms with Gasteiger partial charge in [-0.05, 0) is 48.4 Å². The third-order valence-electron chi connectivity index (χ3n) is 3.40. The molecule has 2 N–H and O–H groups in total. The lowest BCUT2D eigenvalue weighted by molar-refractivity contribution is 0.407. The van der Waals surface area contributed by atoms with Gasteiger partial charge in [0.15, 0.2) is 0 Å². The van der Waals surface area contributed by atoms with E-state index in [1.807, 2.05) is 0 Å². The van der Waals surface area contributed by atoms with Crippen molar-refractivity contribution in [2.24, 2.45) is 5.73 Å². The van der Waals surface area contributed by atoms with Crippen LogP contribution in [0.2, 0.25) is 5.02 Å². The number of methoxy groups -OCH3 is 1. The Morgan fingerprint density at radius 3 is 2.57 bits per heavy atom. The number of nitrogens with two attached hydrogens (primary N) is 1. The molecule has 0 heterocycles. The summed E-state index contributed by atoms with van der Waals surface area (Å²) in [6.07, 6.45) is 0.461. The highest BCUT2D eigenvalue weighted by Gasteiger charge is 2.18. The van der Waals surface area contributed by atoms with Crippen molar-refractivity contribution in [1.82, 2.24) is 0 Å². The van der Waals surface area contributed by atoms with Gasteiger partial charge in [-0.25, -0.2) is 8.78 Å². The Kier molecular flexibility index (Phi) is 5.15. The average Bonchev–Trinajstić information content (AvgIpc) is 2.45. The van der Waals surface area contributed by atoms with E-state index in [0.29, 0.717) is 22.8 Å². The Bertz CT molecular complexity index is 634. The first-order valence-corrected chi connectivity index (χ1v) is 6.90. The molecule has 2 aromatic carbocycles. The molecular weight excluding hydrogens is 296 g/mol. The van der Waals surface area contributed by atoms with E-state index in [0.717, 1.165) is 11.6 Å². The predicted molar refractivity (Wildman–Crippen MR) is 79.9 cm³/mol. The fourth-order valence-corrected chi connectivity index (χ4v) is 2.52. The molecule has 112 valence electrons. The molecule has 5 heteroatoms. The van der Waals surface area contributed by atoms with Gasteiger partial charge in [-0.15, -0.1) is 0 Å². The molecule has 0 saturated heterocycles. The molecule has 0 aliphatic heterocycles. The summed E-state index contributed by atoms with van der Waals surface area (Å²) in [6, 6.07) is 8.78. The summed E-state index contributed by atoms with van der Waals surface area (Å²) in [5.41, 5.74) is 6.98. The maximum Gasteiger partial charge on any atom is 0.129 e. The number of ether oxygens (including phenoxy) is 1. The van der Waals surface area contributed by atoms with Crippen LogP contribution in [0.4, 0.5) is 8.78 Å². The zero-order chi connectivity index (χ0) is 15.4. The van der Waals surface area contributed by atoms with E-state index in [-0.39, 0.29) is 12.5 Å². The third kappa shape index (κ3) is 3.71. The Hall–Kier alpha value is -1.65. The fourth-order valence-electron chi connectivity index (χ4n) is 2.32. The predicted octanol–water partition coefficient (Wildman–Crippen LogP) is 3.91. The van der Waals surface area contributed by atoms with Crippen molar-refractivity contribution < 1.29 is 13.5 Å². The summed E-state index contributed by atoms with van der Waals surface area (Å²) < 4.78 is 32.2. The zero-order valence-electron chi connectivity index (χ0n) is 11.6. The summed E-state index contributed by atoms with van der Waals surface area (Å²) in [7, 11) is 1.56. The fraction of sp³-hybridized carbons (Fsp3) is 0.250. The Labute approximate surface area is 127 Å². The standard InChI is InChI=1S/C16H16ClF2NO/c1-21-16-5-2-12(17)7-10(16)6-11(9-20)14-4-3-13(18)8-15(14)19/h2-5,7-8,11H,6,9,20H2,1H3. The number of rotatable bonds is 5. The minimum atomic E-state index is -0.604. The third-order valence-corrected chi connectivity index (χ3v) is 3.63. The van der Waals surface area contributed by atoms with Crippen LogP contribution in [-0.2, 0) is 6.42 Å². The van der Waals surface area contributed by atoms with Crippen LogP contribution in [0.25, 0.3) is 0 Å². The normalized spacial score (nSPS) is 12.2. The van der Waals surface area contributed by atoms with Gasteiger partial charge >= 0.3 is 0 Å². The lowest BCUT2D eigenvalue weighted by Gasteiger charge is -2.18. The van der Waals surface area contributed by atoms with Gasteiger partial charge in [-0.1, -0.05) is 17.7 Å². The smallest absolute Gasteiger partial charge is 0.129 e. The lowest BCUT2D eigenvalue weighted by Crippen LogP contribution is -2.17. The molecule has 2 rings (SSSR count). The molecule has 0 saturated carbocycles. The van der Waals surface area contributed by atoms with E-state index >= 15 is 0 Å². The summed E-state index contributed by atoms with van der Waals surface area (Å²) >= 11 is 5.99. The maximum atomic E-state index is 13.9. The average molecular weight is 312 g/mol. The van der Waals surface area contributed by atoms with Crippen molar-refractivity contribution in [3.8, 4) is 5.75 Å². The van der Waals surface area contributed by atoms with Crippen molar-refractivity contribution in [2.75, 3.05) is 13.7 Å². The molecule has 1 unspecified atom stereocenters. The van der Waals surface area contributed by atoms with Crippen molar-refractivity contribution >= 4 is 11.6 Å². The van der Waals surface area contributed by atoms with Crippen LogP contribution < -0.4 is 10.5 Å². The molecule has 0 aliphatic carbocycles. The second-order valence-electron chi connectivity index (χ2n) is 4.76. The molecular formula is C16H16ClF2NO. The Morgan fingerprint density at radius 1 is 1.19 bits per heavy atom. The van der Waals surface area contributed by atoms with Crippen molar-refractivity contribution in [1.29, 1.82) is 0 Å². The topological polar surface area (TPSA) is 35.2 Å². The number of halogens is 3. The monoisotopic (exact) mass is 311 g/mol.